The molecule has 8 heteroatoms. The minimum Gasteiger partial charge on any atom is -0.342 e. The van der Waals surface area contributed by atoms with Crippen LogP contribution in [0.2, 0.25) is 0 Å². The van der Waals surface area contributed by atoms with Crippen LogP contribution in [-0.4, -0.2) is 66.2 Å². The van der Waals surface area contributed by atoms with Gasteiger partial charge >= 0.3 is 0 Å². The second-order valence-electron chi connectivity index (χ2n) is 7.89. The molecule has 0 radical (unpaired) electrons. The first-order chi connectivity index (χ1) is 14.1. The summed E-state index contributed by atoms with van der Waals surface area (Å²) < 4.78 is 0. The summed E-state index contributed by atoms with van der Waals surface area (Å²) in [6, 6.07) is 7.51. The summed E-state index contributed by atoms with van der Waals surface area (Å²) in [6.07, 6.45) is 1.99. The van der Waals surface area contributed by atoms with Crippen LogP contribution in [0.15, 0.2) is 36.0 Å². The maximum atomic E-state index is 13.3. The van der Waals surface area contributed by atoms with E-state index in [1.807, 2.05) is 44.2 Å². The number of likely N-dealkylation sites (N-methyl/N-ethyl adjacent to an activating group) is 2. The van der Waals surface area contributed by atoms with Gasteiger partial charge in [-0.25, -0.2) is 0 Å². The Labute approximate surface area is 177 Å². The molecule has 0 bridgehead atoms. The molecule has 2 rings (SSSR count). The van der Waals surface area contributed by atoms with Gasteiger partial charge < -0.3 is 20.4 Å². The zero-order chi connectivity index (χ0) is 22.4. The molecule has 30 heavy (non-hydrogen) atoms. The Hall–Kier alpha value is -3.16. The SMILES string of the molecule is CC(C)C[C@H]1NC(=O)[C@@H](C)N(C)C(=O)CNC(=O)C(=Cc2ccccc2)N(C)C1=O. The third-order valence-corrected chi connectivity index (χ3v) is 5.10. The largest absolute Gasteiger partial charge is 0.342 e. The molecular formula is C22H30N4O4. The van der Waals surface area contributed by atoms with Crippen LogP contribution in [0.1, 0.15) is 32.8 Å². The third-order valence-electron chi connectivity index (χ3n) is 5.10. The summed E-state index contributed by atoms with van der Waals surface area (Å²) in [5.41, 5.74) is 0.828. The average Bonchev–Trinajstić information content (AvgIpc) is 2.72. The summed E-state index contributed by atoms with van der Waals surface area (Å²) in [5, 5.41) is 5.33. The molecule has 4 amide bonds. The van der Waals surface area contributed by atoms with Gasteiger partial charge in [-0.15, -0.1) is 0 Å². The van der Waals surface area contributed by atoms with E-state index in [1.165, 1.54) is 23.9 Å². The van der Waals surface area contributed by atoms with Crippen LogP contribution >= 0.6 is 0 Å². The molecule has 0 aliphatic carbocycles. The van der Waals surface area contributed by atoms with Gasteiger partial charge in [0.05, 0.1) is 6.54 Å². The molecule has 0 unspecified atom stereocenters. The van der Waals surface area contributed by atoms with Gasteiger partial charge in [0.1, 0.15) is 17.8 Å². The monoisotopic (exact) mass is 414 g/mol. The van der Waals surface area contributed by atoms with Crippen molar-refractivity contribution in [3.8, 4) is 0 Å². The fraction of sp³-hybridized carbons (Fsp3) is 0.455. The van der Waals surface area contributed by atoms with Crippen LogP contribution in [0.5, 0.6) is 0 Å². The van der Waals surface area contributed by atoms with Crippen molar-refractivity contribution < 1.29 is 19.2 Å². The van der Waals surface area contributed by atoms with Crippen molar-refractivity contribution >= 4 is 29.7 Å². The van der Waals surface area contributed by atoms with E-state index in [0.717, 1.165) is 5.56 Å². The van der Waals surface area contributed by atoms with Crippen LogP contribution in [0, 0.1) is 5.92 Å². The molecule has 1 saturated heterocycles. The number of nitrogens with zero attached hydrogens (tertiary/aromatic N) is 2. The van der Waals surface area contributed by atoms with Gasteiger partial charge in [-0.05, 0) is 30.9 Å². The van der Waals surface area contributed by atoms with E-state index < -0.39 is 35.7 Å². The highest BCUT2D eigenvalue weighted by molar-refractivity contribution is 6.04. The molecule has 1 aromatic carbocycles. The Morgan fingerprint density at radius 3 is 2.33 bits per heavy atom. The van der Waals surface area contributed by atoms with E-state index >= 15 is 0 Å². The summed E-state index contributed by atoms with van der Waals surface area (Å²) in [6.45, 7) is 5.20. The normalized spacial score (nSPS) is 23.2. The summed E-state index contributed by atoms with van der Waals surface area (Å²) >= 11 is 0. The number of amides is 4. The molecule has 0 aromatic heterocycles. The Morgan fingerprint density at radius 2 is 1.73 bits per heavy atom. The lowest BCUT2D eigenvalue weighted by molar-refractivity contribution is -0.142. The summed E-state index contributed by atoms with van der Waals surface area (Å²) in [5.74, 6) is -1.63. The molecule has 2 atom stereocenters. The van der Waals surface area contributed by atoms with Crippen molar-refractivity contribution in [1.82, 2.24) is 20.4 Å². The highest BCUT2D eigenvalue weighted by Crippen LogP contribution is 2.15. The molecular weight excluding hydrogens is 384 g/mol. The first kappa shape index (κ1) is 23.1. The molecule has 0 spiro atoms. The maximum Gasteiger partial charge on any atom is 0.268 e. The van der Waals surface area contributed by atoms with E-state index in [9.17, 15) is 19.2 Å². The van der Waals surface area contributed by atoms with Crippen LogP contribution in [0.3, 0.4) is 0 Å². The molecule has 1 fully saturated rings. The van der Waals surface area contributed by atoms with Gasteiger partial charge in [-0.3, -0.25) is 19.2 Å². The van der Waals surface area contributed by atoms with Gasteiger partial charge in [0.25, 0.3) is 5.91 Å². The molecule has 1 aliphatic rings. The fourth-order valence-corrected chi connectivity index (χ4v) is 3.12. The first-order valence-electron chi connectivity index (χ1n) is 10.00. The van der Waals surface area contributed by atoms with Crippen LogP contribution in [0.25, 0.3) is 6.08 Å². The van der Waals surface area contributed by atoms with Gasteiger partial charge in [0, 0.05) is 14.1 Å². The van der Waals surface area contributed by atoms with E-state index in [0.29, 0.717) is 6.42 Å². The Morgan fingerprint density at radius 1 is 1.10 bits per heavy atom. The number of nitrogens with one attached hydrogen (secondary N) is 2. The van der Waals surface area contributed by atoms with Gasteiger partial charge in [0.15, 0.2) is 0 Å². The number of carbonyl (C=O) groups excluding carboxylic acids is 4. The van der Waals surface area contributed by atoms with Crippen molar-refractivity contribution in [2.24, 2.45) is 5.92 Å². The van der Waals surface area contributed by atoms with Crippen LogP contribution in [0.4, 0.5) is 0 Å². The number of rotatable bonds is 3. The summed E-state index contributed by atoms with van der Waals surface area (Å²) in [4.78, 5) is 53.8. The number of hydrogen-bond acceptors (Lipinski definition) is 4. The molecule has 2 N–H and O–H groups in total. The Bertz CT molecular complexity index is 835. The molecule has 1 aliphatic heterocycles. The second-order valence-corrected chi connectivity index (χ2v) is 7.89. The lowest BCUT2D eigenvalue weighted by Crippen LogP contribution is -2.56. The topological polar surface area (TPSA) is 98.8 Å². The molecule has 0 saturated carbocycles. The van der Waals surface area contributed by atoms with E-state index in [1.54, 1.807) is 13.0 Å². The van der Waals surface area contributed by atoms with Gasteiger partial charge in [-0.2, -0.15) is 0 Å². The zero-order valence-electron chi connectivity index (χ0n) is 18.1. The lowest BCUT2D eigenvalue weighted by Gasteiger charge is -2.31. The van der Waals surface area contributed by atoms with Crippen LogP contribution in [-0.2, 0) is 19.2 Å². The quantitative estimate of drug-likeness (QED) is 0.721. The number of benzene rings is 1. The van der Waals surface area contributed by atoms with E-state index in [-0.39, 0.29) is 18.2 Å². The Kier molecular flexibility index (Phi) is 7.74. The van der Waals surface area contributed by atoms with E-state index in [2.05, 4.69) is 10.6 Å². The van der Waals surface area contributed by atoms with Crippen molar-refractivity contribution in [2.75, 3.05) is 20.6 Å². The first-order valence-corrected chi connectivity index (χ1v) is 10.00. The average molecular weight is 415 g/mol. The predicted octanol–water partition coefficient (Wildman–Crippen LogP) is 0.994. The Balaban J connectivity index is 2.49. The maximum absolute atomic E-state index is 13.3. The predicted molar refractivity (Wildman–Crippen MR) is 114 cm³/mol. The fourth-order valence-electron chi connectivity index (χ4n) is 3.12. The summed E-state index contributed by atoms with van der Waals surface area (Å²) in [7, 11) is 3.00. The standard InChI is InChI=1S/C22H30N4O4/c1-14(2)11-17-22(30)26(5)18(12-16-9-7-6-8-10-16)21(29)23-13-19(27)25(4)15(3)20(28)24-17/h6-10,12,14-15,17H,11,13H2,1-5H3,(H,23,29)(H,24,28)/t15-,17-/m1/s1. The zero-order valence-corrected chi connectivity index (χ0v) is 18.1. The minimum atomic E-state index is -0.820. The molecule has 1 aromatic rings. The highest BCUT2D eigenvalue weighted by Gasteiger charge is 2.32. The highest BCUT2D eigenvalue weighted by atomic mass is 16.2. The van der Waals surface area contributed by atoms with Gasteiger partial charge in [-0.1, -0.05) is 44.2 Å². The van der Waals surface area contributed by atoms with E-state index in [4.69, 9.17) is 0 Å². The van der Waals surface area contributed by atoms with Crippen LogP contribution < -0.4 is 10.6 Å². The molecule has 8 nitrogen and oxygen atoms in total. The third kappa shape index (κ3) is 5.68. The number of carbonyl (C=O) groups is 4. The second kappa shape index (κ2) is 10.0. The van der Waals surface area contributed by atoms with Gasteiger partial charge in [0.2, 0.25) is 17.7 Å². The number of hydrogen-bond donors (Lipinski definition) is 2. The van der Waals surface area contributed by atoms with Crippen molar-refractivity contribution in [3.63, 3.8) is 0 Å². The van der Waals surface area contributed by atoms with Crippen molar-refractivity contribution in [1.29, 1.82) is 0 Å². The van der Waals surface area contributed by atoms with Crippen molar-refractivity contribution in [3.05, 3.63) is 41.6 Å². The van der Waals surface area contributed by atoms with Crippen molar-refractivity contribution in [2.45, 2.75) is 39.3 Å². The minimum absolute atomic E-state index is 0.0956. The lowest BCUT2D eigenvalue weighted by atomic mass is 10.0. The molecule has 1 heterocycles. The smallest absolute Gasteiger partial charge is 0.268 e. The molecule has 162 valence electrons.